The third-order valence-corrected chi connectivity index (χ3v) is 9.55. The molecule has 0 bridgehead atoms. The number of nitrogens with one attached hydrogen (secondary N) is 1. The van der Waals surface area contributed by atoms with Crippen molar-refractivity contribution in [1.29, 1.82) is 0 Å². The lowest BCUT2D eigenvalue weighted by molar-refractivity contribution is -0.702. The molecule has 3 atom stereocenters. The zero-order valence-corrected chi connectivity index (χ0v) is 31.5. The van der Waals surface area contributed by atoms with E-state index in [-0.39, 0.29) is 25.6 Å². The number of carbonyl (C=O) groups excluding carboxylic acids is 3. The van der Waals surface area contributed by atoms with Gasteiger partial charge in [-0.3, -0.25) is 4.79 Å². The van der Waals surface area contributed by atoms with Gasteiger partial charge in [0.25, 0.3) is 5.54 Å². The maximum atomic E-state index is 13.2. The average molecular weight is 696 g/mol. The molecule has 3 unspecified atom stereocenters. The Morgan fingerprint density at radius 3 is 1.77 bits per heavy atom. The molecule has 2 rings (SSSR count). The van der Waals surface area contributed by atoms with Gasteiger partial charge in [0.2, 0.25) is 5.69 Å². The van der Waals surface area contributed by atoms with E-state index >= 15 is 0 Å². The predicted molar refractivity (Wildman–Crippen MR) is 186 cm³/mol. The number of ketones is 1. The number of hydrogen-bond donors (Lipinski definition) is 2. The standard InChI is InChI=1S/C38H65N3O6.ClH/c1-6-8-9-10-11-12-13-14-15-16-17-18-19-20-21-23-28-40-35(44)46-31-37(5)27-26-36(4,47-37)30-45-34(43)38(39,32(3)42)33-25-22-24-29-41(33)7-2;/h22,24-25,29H,6-21,23,26-28,30-31,39H2,1-5H3;1H. The number of unbranched alkanes of at least 4 members (excludes halogenated alkanes) is 15. The SMILES string of the molecule is CCCCCCCCCCCCCCCCCCNC(=O)OCC1(C)CCC(C)(COC(=O)C(N)(C(C)=O)c2cccc[n+]2CC)O1.[Cl-]. The number of nitrogens with two attached hydrogens (primary N) is 1. The Balaban J connectivity index is 0.0000115. The van der Waals surface area contributed by atoms with Gasteiger partial charge < -0.3 is 37.7 Å². The molecule has 276 valence electrons. The molecule has 3 N–H and O–H groups in total. The van der Waals surface area contributed by atoms with Crippen molar-refractivity contribution in [1.82, 2.24) is 5.32 Å². The fourth-order valence-electron chi connectivity index (χ4n) is 6.43. The number of alkyl carbamates (subject to hydrolysis) is 1. The van der Waals surface area contributed by atoms with Crippen LogP contribution in [-0.2, 0) is 35.9 Å². The molecule has 10 heteroatoms. The first-order chi connectivity index (χ1) is 22.5. The molecule has 1 aliphatic heterocycles. The van der Waals surface area contributed by atoms with Gasteiger partial charge in [-0.05, 0) is 47.0 Å². The number of esters is 1. The monoisotopic (exact) mass is 695 g/mol. The van der Waals surface area contributed by atoms with E-state index in [9.17, 15) is 14.4 Å². The zero-order valence-electron chi connectivity index (χ0n) is 30.7. The first-order valence-electron chi connectivity index (χ1n) is 18.6. The second kappa shape index (κ2) is 23.2. The van der Waals surface area contributed by atoms with Crippen LogP contribution in [0.5, 0.6) is 0 Å². The number of hydrogen-bond acceptors (Lipinski definition) is 7. The molecule has 1 amide bonds. The summed E-state index contributed by atoms with van der Waals surface area (Å²) in [5.74, 6) is -1.32. The van der Waals surface area contributed by atoms with Gasteiger partial charge in [-0.15, -0.1) is 0 Å². The van der Waals surface area contributed by atoms with Crippen molar-refractivity contribution >= 4 is 17.8 Å². The molecule has 0 saturated carbocycles. The average Bonchev–Trinajstić information content (AvgIpc) is 3.38. The molecule has 1 aliphatic rings. The van der Waals surface area contributed by atoms with Crippen LogP contribution in [0.25, 0.3) is 0 Å². The van der Waals surface area contributed by atoms with Crippen molar-refractivity contribution in [2.24, 2.45) is 5.73 Å². The van der Waals surface area contributed by atoms with E-state index in [1.54, 1.807) is 22.9 Å². The van der Waals surface area contributed by atoms with E-state index in [1.807, 2.05) is 26.8 Å². The lowest BCUT2D eigenvalue weighted by Crippen LogP contribution is -3.00. The van der Waals surface area contributed by atoms with Crippen molar-refractivity contribution in [3.63, 3.8) is 0 Å². The van der Waals surface area contributed by atoms with Crippen molar-refractivity contribution in [2.45, 2.75) is 173 Å². The van der Waals surface area contributed by atoms with E-state index in [4.69, 9.17) is 19.9 Å². The van der Waals surface area contributed by atoms with Gasteiger partial charge in [0, 0.05) is 18.7 Å². The van der Waals surface area contributed by atoms with Gasteiger partial charge in [-0.1, -0.05) is 109 Å². The summed E-state index contributed by atoms with van der Waals surface area (Å²) in [6.07, 6.45) is 23.6. The fourth-order valence-corrected chi connectivity index (χ4v) is 6.43. The smallest absolute Gasteiger partial charge is 0.407 e. The Morgan fingerprint density at radius 1 is 0.812 bits per heavy atom. The Kier molecular flexibility index (Phi) is 21.2. The summed E-state index contributed by atoms with van der Waals surface area (Å²) in [6, 6.07) is 5.22. The van der Waals surface area contributed by atoms with E-state index < -0.39 is 34.6 Å². The molecule has 9 nitrogen and oxygen atoms in total. The number of ether oxygens (including phenoxy) is 3. The highest BCUT2D eigenvalue weighted by Gasteiger charge is 2.51. The predicted octanol–water partition coefficient (Wildman–Crippen LogP) is 4.60. The maximum Gasteiger partial charge on any atom is 0.407 e. The van der Waals surface area contributed by atoms with Crippen LogP contribution >= 0.6 is 0 Å². The number of pyridine rings is 1. The quantitative estimate of drug-likeness (QED) is 0.0664. The van der Waals surface area contributed by atoms with Crippen LogP contribution in [0, 0.1) is 0 Å². The Bertz CT molecular complexity index is 1090. The molecule has 2 heterocycles. The fraction of sp³-hybridized carbons (Fsp3) is 0.789. The molecule has 0 aromatic carbocycles. The molecule has 0 spiro atoms. The number of rotatable bonds is 25. The highest BCUT2D eigenvalue weighted by atomic mass is 35.5. The Labute approximate surface area is 297 Å². The Morgan fingerprint density at radius 2 is 1.29 bits per heavy atom. The molecule has 1 aromatic heterocycles. The van der Waals surface area contributed by atoms with Crippen molar-refractivity contribution < 1.29 is 45.6 Å². The lowest BCUT2D eigenvalue weighted by atomic mass is 9.90. The third kappa shape index (κ3) is 15.1. The molecule has 48 heavy (non-hydrogen) atoms. The van der Waals surface area contributed by atoms with Gasteiger partial charge in [-0.2, -0.15) is 0 Å². The maximum absolute atomic E-state index is 13.2. The van der Waals surface area contributed by atoms with Crippen LogP contribution in [0.3, 0.4) is 0 Å². The zero-order chi connectivity index (χ0) is 34.6. The summed E-state index contributed by atoms with van der Waals surface area (Å²) in [6.45, 7) is 10.4. The number of carbonyl (C=O) groups is 3. The number of nitrogens with zero attached hydrogens (tertiary/aromatic N) is 1. The number of aryl methyl sites for hydroxylation is 1. The number of halogens is 1. The van der Waals surface area contributed by atoms with Crippen LogP contribution in [0.1, 0.15) is 156 Å². The van der Waals surface area contributed by atoms with Gasteiger partial charge in [0.15, 0.2) is 12.0 Å². The van der Waals surface area contributed by atoms with Crippen LogP contribution < -0.4 is 28.0 Å². The molecule has 1 fully saturated rings. The molecule has 0 aliphatic carbocycles. The minimum Gasteiger partial charge on any atom is -1.00 e. The summed E-state index contributed by atoms with van der Waals surface area (Å²) in [5.41, 5.74) is 3.35. The summed E-state index contributed by atoms with van der Waals surface area (Å²) in [5, 5.41) is 2.85. The number of amides is 1. The second-order valence-electron chi connectivity index (χ2n) is 14.1. The summed E-state index contributed by atoms with van der Waals surface area (Å²) < 4.78 is 19.2. The summed E-state index contributed by atoms with van der Waals surface area (Å²) in [4.78, 5) is 38.2. The number of Topliss-reactive ketones (excluding diaryl/α,β-unsaturated/α-hetero) is 1. The Hall–Kier alpha value is -2.23. The molecule has 1 aromatic rings. The van der Waals surface area contributed by atoms with Crippen LogP contribution in [-0.4, -0.2) is 48.8 Å². The minimum absolute atomic E-state index is 0. The molecular weight excluding hydrogens is 630 g/mol. The van der Waals surface area contributed by atoms with Crippen LogP contribution in [0.15, 0.2) is 24.4 Å². The van der Waals surface area contributed by atoms with E-state index in [1.165, 1.54) is 96.8 Å². The van der Waals surface area contributed by atoms with Gasteiger partial charge >= 0.3 is 12.1 Å². The van der Waals surface area contributed by atoms with E-state index in [0.717, 1.165) is 12.8 Å². The van der Waals surface area contributed by atoms with E-state index in [0.29, 0.717) is 31.6 Å². The van der Waals surface area contributed by atoms with Crippen LogP contribution in [0.2, 0.25) is 0 Å². The second-order valence-corrected chi connectivity index (χ2v) is 14.1. The topological polar surface area (TPSA) is 121 Å². The summed E-state index contributed by atoms with van der Waals surface area (Å²) in [7, 11) is 0. The minimum atomic E-state index is -1.93. The van der Waals surface area contributed by atoms with Crippen molar-refractivity contribution in [2.75, 3.05) is 19.8 Å². The van der Waals surface area contributed by atoms with Crippen LogP contribution in [0.4, 0.5) is 4.79 Å². The molecule has 0 radical (unpaired) electrons. The van der Waals surface area contributed by atoms with E-state index in [2.05, 4.69) is 12.2 Å². The normalized spacial score (nSPS) is 20.0. The summed E-state index contributed by atoms with van der Waals surface area (Å²) >= 11 is 0. The van der Waals surface area contributed by atoms with Gasteiger partial charge in [0.1, 0.15) is 31.0 Å². The van der Waals surface area contributed by atoms with Gasteiger partial charge in [-0.25, -0.2) is 14.2 Å². The first kappa shape index (κ1) is 43.8. The van der Waals surface area contributed by atoms with Gasteiger partial charge in [0.05, 0.1) is 0 Å². The number of aromatic nitrogens is 1. The highest BCUT2D eigenvalue weighted by molar-refractivity contribution is 6.07. The van der Waals surface area contributed by atoms with Crippen molar-refractivity contribution in [3.05, 3.63) is 30.1 Å². The molecule has 1 saturated heterocycles. The molecular formula is C38H66ClN3O6. The largest absolute Gasteiger partial charge is 1.00 e. The third-order valence-electron chi connectivity index (χ3n) is 9.55. The lowest BCUT2D eigenvalue weighted by Gasteiger charge is -2.31. The highest BCUT2D eigenvalue weighted by Crippen LogP contribution is 2.38. The first-order valence-corrected chi connectivity index (χ1v) is 18.6. The van der Waals surface area contributed by atoms with Crippen molar-refractivity contribution in [3.8, 4) is 0 Å².